The van der Waals surface area contributed by atoms with Crippen molar-refractivity contribution in [1.29, 1.82) is 0 Å². The van der Waals surface area contributed by atoms with Crippen LogP contribution in [0.5, 0.6) is 0 Å². The van der Waals surface area contributed by atoms with Gasteiger partial charge in [-0.2, -0.15) is 0 Å². The monoisotopic (exact) mass is 204 g/mol. The topological polar surface area (TPSA) is 47.9 Å². The third-order valence-corrected chi connectivity index (χ3v) is 2.40. The smallest absolute Gasteiger partial charge is 0.109 e. The van der Waals surface area contributed by atoms with E-state index >= 15 is 0 Å². The summed E-state index contributed by atoms with van der Waals surface area (Å²) < 4.78 is 15.8. The minimum absolute atomic E-state index is 0.0419. The van der Waals surface area contributed by atoms with Crippen molar-refractivity contribution in [2.45, 2.75) is 38.1 Å². The number of aliphatic hydroxyl groups is 1. The first-order chi connectivity index (χ1) is 6.79. The molecule has 0 heterocycles. The van der Waals surface area contributed by atoms with Crippen LogP contribution in [0.2, 0.25) is 0 Å². The van der Waals surface area contributed by atoms with Gasteiger partial charge in [0.25, 0.3) is 0 Å². The third-order valence-electron chi connectivity index (χ3n) is 2.40. The van der Waals surface area contributed by atoms with Gasteiger partial charge in [0.05, 0.1) is 25.4 Å². The Balaban J connectivity index is 1.97. The maximum atomic E-state index is 9.28. The fourth-order valence-electron chi connectivity index (χ4n) is 1.53. The molecule has 14 heavy (non-hydrogen) atoms. The minimum Gasteiger partial charge on any atom is -0.390 e. The molecule has 3 unspecified atom stereocenters. The molecule has 1 rings (SSSR count). The van der Waals surface area contributed by atoms with Crippen LogP contribution in [0.3, 0.4) is 0 Å². The van der Waals surface area contributed by atoms with E-state index in [1.807, 2.05) is 0 Å². The molecule has 4 heteroatoms. The fourth-order valence-corrected chi connectivity index (χ4v) is 1.53. The molecule has 0 spiro atoms. The average molecular weight is 204 g/mol. The molecule has 1 N–H and O–H groups in total. The molecular weight excluding hydrogens is 184 g/mol. The normalized spacial score (nSPS) is 31.5. The maximum absolute atomic E-state index is 9.28. The first-order valence-corrected chi connectivity index (χ1v) is 5.19. The van der Waals surface area contributed by atoms with Crippen LogP contribution in [0.15, 0.2) is 0 Å². The molecule has 0 radical (unpaired) electrons. The van der Waals surface area contributed by atoms with Crippen molar-refractivity contribution in [3.05, 3.63) is 0 Å². The quantitative estimate of drug-likeness (QED) is 0.616. The van der Waals surface area contributed by atoms with Crippen LogP contribution in [-0.4, -0.2) is 50.3 Å². The van der Waals surface area contributed by atoms with Gasteiger partial charge in [-0.05, 0) is 6.42 Å². The fraction of sp³-hybridized carbons (Fsp3) is 1.00. The van der Waals surface area contributed by atoms with E-state index < -0.39 is 0 Å². The van der Waals surface area contributed by atoms with Gasteiger partial charge in [0.2, 0.25) is 0 Å². The molecule has 84 valence electrons. The Morgan fingerprint density at radius 2 is 2.07 bits per heavy atom. The second-order valence-corrected chi connectivity index (χ2v) is 3.52. The molecule has 0 bridgehead atoms. The summed E-state index contributed by atoms with van der Waals surface area (Å²) in [6, 6.07) is 0. The summed E-state index contributed by atoms with van der Waals surface area (Å²) in [7, 11) is 1.59. The molecule has 1 fully saturated rings. The van der Waals surface area contributed by atoms with Gasteiger partial charge < -0.3 is 19.3 Å². The first kappa shape index (κ1) is 11.9. The van der Waals surface area contributed by atoms with E-state index in [1.54, 1.807) is 7.11 Å². The van der Waals surface area contributed by atoms with Crippen LogP contribution in [0.4, 0.5) is 0 Å². The molecule has 0 aromatic heterocycles. The van der Waals surface area contributed by atoms with Gasteiger partial charge in [-0.1, -0.05) is 6.92 Å². The highest BCUT2D eigenvalue weighted by molar-refractivity contribution is 4.91. The lowest BCUT2D eigenvalue weighted by Crippen LogP contribution is -2.53. The van der Waals surface area contributed by atoms with E-state index in [2.05, 4.69) is 6.92 Å². The summed E-state index contributed by atoms with van der Waals surface area (Å²) in [6.45, 7) is 4.06. The Labute approximate surface area is 85.2 Å². The van der Waals surface area contributed by atoms with Gasteiger partial charge in [-0.3, -0.25) is 0 Å². The number of rotatable bonds is 7. The SMILES string of the molecule is CCCOCCOC1CC(O)C1OC. The minimum atomic E-state index is -0.360. The van der Waals surface area contributed by atoms with E-state index in [0.717, 1.165) is 13.0 Å². The molecule has 4 nitrogen and oxygen atoms in total. The molecule has 1 aliphatic carbocycles. The van der Waals surface area contributed by atoms with Crippen molar-refractivity contribution >= 4 is 0 Å². The lowest BCUT2D eigenvalue weighted by Gasteiger charge is -2.39. The highest BCUT2D eigenvalue weighted by atomic mass is 16.6. The van der Waals surface area contributed by atoms with Crippen LogP contribution in [-0.2, 0) is 14.2 Å². The average Bonchev–Trinajstić information content (AvgIpc) is 2.16. The van der Waals surface area contributed by atoms with Crippen LogP contribution < -0.4 is 0 Å². The number of hydrogen-bond acceptors (Lipinski definition) is 4. The van der Waals surface area contributed by atoms with Gasteiger partial charge >= 0.3 is 0 Å². The van der Waals surface area contributed by atoms with Gasteiger partial charge in [-0.25, -0.2) is 0 Å². The van der Waals surface area contributed by atoms with Gasteiger partial charge in [0.1, 0.15) is 6.10 Å². The van der Waals surface area contributed by atoms with Crippen LogP contribution in [0.25, 0.3) is 0 Å². The highest BCUT2D eigenvalue weighted by Crippen LogP contribution is 2.26. The summed E-state index contributed by atoms with van der Waals surface area (Å²) >= 11 is 0. The van der Waals surface area contributed by atoms with Gasteiger partial charge in [0.15, 0.2) is 0 Å². The van der Waals surface area contributed by atoms with Gasteiger partial charge in [-0.15, -0.1) is 0 Å². The Morgan fingerprint density at radius 3 is 2.64 bits per heavy atom. The molecule has 0 aliphatic heterocycles. The molecule has 0 aromatic carbocycles. The molecule has 1 aliphatic rings. The number of methoxy groups -OCH3 is 1. The second-order valence-electron chi connectivity index (χ2n) is 3.52. The Morgan fingerprint density at radius 1 is 1.29 bits per heavy atom. The predicted molar refractivity (Wildman–Crippen MR) is 52.3 cm³/mol. The number of ether oxygens (including phenoxy) is 3. The molecule has 3 atom stereocenters. The molecule has 1 saturated carbocycles. The summed E-state index contributed by atoms with van der Waals surface area (Å²) in [4.78, 5) is 0. The third kappa shape index (κ3) is 3.20. The zero-order valence-corrected chi connectivity index (χ0v) is 8.94. The van der Waals surface area contributed by atoms with Crippen molar-refractivity contribution in [3.8, 4) is 0 Å². The largest absolute Gasteiger partial charge is 0.390 e. The number of aliphatic hydroxyl groups excluding tert-OH is 1. The van der Waals surface area contributed by atoms with Gasteiger partial charge in [0, 0.05) is 20.1 Å². The standard InChI is InChI=1S/C10H20O4/c1-3-4-13-5-6-14-9-7-8(11)10(9)12-2/h8-11H,3-7H2,1-2H3. The van der Waals surface area contributed by atoms with E-state index in [0.29, 0.717) is 19.6 Å². The number of hydrogen-bond donors (Lipinski definition) is 1. The molecule has 0 aromatic rings. The molecule has 0 saturated heterocycles. The highest BCUT2D eigenvalue weighted by Gasteiger charge is 2.40. The summed E-state index contributed by atoms with van der Waals surface area (Å²) in [5.74, 6) is 0. The summed E-state index contributed by atoms with van der Waals surface area (Å²) in [5, 5.41) is 9.28. The maximum Gasteiger partial charge on any atom is 0.109 e. The predicted octanol–water partition coefficient (Wildman–Crippen LogP) is 0.578. The van der Waals surface area contributed by atoms with Crippen LogP contribution >= 0.6 is 0 Å². The van der Waals surface area contributed by atoms with Crippen molar-refractivity contribution in [1.82, 2.24) is 0 Å². The Bertz CT molecular complexity index is 151. The summed E-state index contributed by atoms with van der Waals surface area (Å²) in [5.41, 5.74) is 0. The lowest BCUT2D eigenvalue weighted by molar-refractivity contribution is -0.185. The van der Waals surface area contributed by atoms with Crippen LogP contribution in [0.1, 0.15) is 19.8 Å². The zero-order valence-electron chi connectivity index (χ0n) is 8.94. The summed E-state index contributed by atoms with van der Waals surface area (Å²) in [6.07, 6.45) is 1.23. The van der Waals surface area contributed by atoms with Crippen molar-refractivity contribution in [2.24, 2.45) is 0 Å². The Hall–Kier alpha value is -0.160. The van der Waals surface area contributed by atoms with Crippen molar-refractivity contribution in [2.75, 3.05) is 26.9 Å². The van der Waals surface area contributed by atoms with E-state index in [-0.39, 0.29) is 18.3 Å². The lowest BCUT2D eigenvalue weighted by atomic mass is 9.88. The molecule has 0 amide bonds. The van der Waals surface area contributed by atoms with E-state index in [1.165, 1.54) is 0 Å². The second kappa shape index (κ2) is 6.35. The zero-order chi connectivity index (χ0) is 10.4. The first-order valence-electron chi connectivity index (χ1n) is 5.19. The van der Waals surface area contributed by atoms with Crippen LogP contribution in [0, 0.1) is 0 Å². The van der Waals surface area contributed by atoms with Crippen molar-refractivity contribution in [3.63, 3.8) is 0 Å². The van der Waals surface area contributed by atoms with E-state index in [9.17, 15) is 5.11 Å². The van der Waals surface area contributed by atoms with E-state index in [4.69, 9.17) is 14.2 Å². The van der Waals surface area contributed by atoms with Crippen molar-refractivity contribution < 1.29 is 19.3 Å². The molecular formula is C10H20O4. The Kier molecular flexibility index (Phi) is 5.40.